The van der Waals surface area contributed by atoms with Gasteiger partial charge in [-0.15, -0.1) is 0 Å². The molecular weight excluding hydrogens is 262 g/mol. The molecule has 0 bridgehead atoms. The van der Waals surface area contributed by atoms with Crippen LogP contribution in [0.15, 0.2) is 58.4 Å². The third kappa shape index (κ3) is 3.90. The van der Waals surface area contributed by atoms with Gasteiger partial charge in [-0.05, 0) is 38.1 Å². The molecule has 0 saturated heterocycles. The van der Waals surface area contributed by atoms with Gasteiger partial charge >= 0.3 is 0 Å². The molecule has 0 fully saturated rings. The van der Waals surface area contributed by atoms with Crippen molar-refractivity contribution in [2.24, 2.45) is 4.99 Å². The van der Waals surface area contributed by atoms with E-state index in [9.17, 15) is 0 Å². The number of aryl methyl sites for hydroxylation is 2. The SMILES string of the molecule is Cc1ccc(N=C(Cl)Sc2ccc(C)cc2)cc1. The summed E-state index contributed by atoms with van der Waals surface area (Å²) in [6.45, 7) is 4.12. The second kappa shape index (κ2) is 6.07. The Kier molecular flexibility index (Phi) is 4.45. The van der Waals surface area contributed by atoms with Crippen molar-refractivity contribution in [1.82, 2.24) is 0 Å². The first-order valence-corrected chi connectivity index (χ1v) is 6.88. The molecule has 0 radical (unpaired) electrons. The highest BCUT2D eigenvalue weighted by atomic mass is 35.5. The Morgan fingerprint density at radius 1 is 0.889 bits per heavy atom. The lowest BCUT2D eigenvalue weighted by molar-refractivity contribution is 1.38. The molecule has 0 amide bonds. The summed E-state index contributed by atoms with van der Waals surface area (Å²) in [6, 6.07) is 16.2. The van der Waals surface area contributed by atoms with E-state index >= 15 is 0 Å². The molecule has 0 atom stereocenters. The van der Waals surface area contributed by atoms with Gasteiger partial charge in [-0.2, -0.15) is 0 Å². The Morgan fingerprint density at radius 3 is 1.94 bits per heavy atom. The summed E-state index contributed by atoms with van der Waals surface area (Å²) in [5, 5.41) is 0. The van der Waals surface area contributed by atoms with Crippen LogP contribution in [0.25, 0.3) is 0 Å². The smallest absolute Gasteiger partial charge is 0.168 e. The number of hydrogen-bond donors (Lipinski definition) is 0. The second-order valence-electron chi connectivity index (χ2n) is 4.12. The molecule has 0 N–H and O–H groups in total. The van der Waals surface area contributed by atoms with Crippen molar-refractivity contribution in [1.29, 1.82) is 0 Å². The van der Waals surface area contributed by atoms with Gasteiger partial charge < -0.3 is 0 Å². The van der Waals surface area contributed by atoms with Crippen molar-refractivity contribution in [2.45, 2.75) is 18.7 Å². The van der Waals surface area contributed by atoms with E-state index in [1.54, 1.807) is 0 Å². The minimum atomic E-state index is 0.530. The molecular formula is C15H14ClNS. The normalized spacial score (nSPS) is 11.6. The maximum absolute atomic E-state index is 6.14. The molecule has 0 aliphatic rings. The Morgan fingerprint density at radius 2 is 1.39 bits per heavy atom. The van der Waals surface area contributed by atoms with Crippen LogP contribution in [0.3, 0.4) is 0 Å². The lowest BCUT2D eigenvalue weighted by Gasteiger charge is -2.00. The molecule has 0 aliphatic heterocycles. The van der Waals surface area contributed by atoms with Crippen LogP contribution in [0.1, 0.15) is 11.1 Å². The first-order chi connectivity index (χ1) is 8.63. The summed E-state index contributed by atoms with van der Waals surface area (Å²) in [5.41, 5.74) is 3.34. The van der Waals surface area contributed by atoms with Gasteiger partial charge in [-0.25, -0.2) is 4.99 Å². The Bertz CT molecular complexity index is 544. The third-order valence-electron chi connectivity index (χ3n) is 2.47. The van der Waals surface area contributed by atoms with E-state index in [1.807, 2.05) is 36.4 Å². The quantitative estimate of drug-likeness (QED) is 0.410. The van der Waals surface area contributed by atoms with Gasteiger partial charge in [0, 0.05) is 4.90 Å². The number of aliphatic imine (C=N–C) groups is 1. The summed E-state index contributed by atoms with van der Waals surface area (Å²) in [4.78, 5) is 5.46. The molecule has 2 aromatic carbocycles. The topological polar surface area (TPSA) is 12.4 Å². The molecule has 2 aromatic rings. The van der Waals surface area contributed by atoms with E-state index in [0.717, 1.165) is 10.6 Å². The average molecular weight is 276 g/mol. The molecule has 0 aromatic heterocycles. The summed E-state index contributed by atoms with van der Waals surface area (Å²) in [6.07, 6.45) is 0. The average Bonchev–Trinajstić information content (AvgIpc) is 2.35. The Hall–Kier alpha value is -1.25. The van der Waals surface area contributed by atoms with Crippen LogP contribution in [-0.4, -0.2) is 4.50 Å². The van der Waals surface area contributed by atoms with Crippen LogP contribution < -0.4 is 0 Å². The zero-order valence-electron chi connectivity index (χ0n) is 10.4. The van der Waals surface area contributed by atoms with E-state index in [2.05, 4.69) is 31.0 Å². The van der Waals surface area contributed by atoms with Crippen LogP contribution >= 0.6 is 23.4 Å². The van der Waals surface area contributed by atoms with Crippen molar-refractivity contribution in [3.63, 3.8) is 0 Å². The first-order valence-electron chi connectivity index (χ1n) is 5.69. The number of hydrogen-bond acceptors (Lipinski definition) is 2. The zero-order chi connectivity index (χ0) is 13.0. The van der Waals surface area contributed by atoms with Crippen molar-refractivity contribution >= 4 is 33.6 Å². The minimum Gasteiger partial charge on any atom is -0.229 e. The van der Waals surface area contributed by atoms with Gasteiger partial charge in [-0.3, -0.25) is 0 Å². The summed E-state index contributed by atoms with van der Waals surface area (Å²) in [5.74, 6) is 0. The van der Waals surface area contributed by atoms with Crippen molar-refractivity contribution in [3.8, 4) is 0 Å². The highest BCUT2D eigenvalue weighted by Crippen LogP contribution is 2.25. The van der Waals surface area contributed by atoms with Crippen molar-refractivity contribution in [3.05, 3.63) is 59.7 Å². The summed E-state index contributed by atoms with van der Waals surface area (Å²) < 4.78 is 0.530. The number of halogens is 1. The molecule has 0 spiro atoms. The lowest BCUT2D eigenvalue weighted by Crippen LogP contribution is -1.80. The van der Waals surface area contributed by atoms with E-state index in [0.29, 0.717) is 4.50 Å². The van der Waals surface area contributed by atoms with Crippen molar-refractivity contribution in [2.75, 3.05) is 0 Å². The van der Waals surface area contributed by atoms with Gasteiger partial charge in [0.25, 0.3) is 0 Å². The molecule has 92 valence electrons. The Balaban J connectivity index is 2.09. The standard InChI is InChI=1S/C15H14ClNS/c1-11-3-7-13(8-4-11)17-15(16)18-14-9-5-12(2)6-10-14/h3-10H,1-2H3. The molecule has 0 unspecified atom stereocenters. The van der Waals surface area contributed by atoms with E-state index in [4.69, 9.17) is 11.6 Å². The highest BCUT2D eigenvalue weighted by molar-refractivity contribution is 8.16. The Labute approximate surface area is 117 Å². The molecule has 0 aliphatic carbocycles. The van der Waals surface area contributed by atoms with Crippen LogP contribution in [0.4, 0.5) is 5.69 Å². The van der Waals surface area contributed by atoms with Crippen LogP contribution in [0.2, 0.25) is 0 Å². The molecule has 2 rings (SSSR count). The van der Waals surface area contributed by atoms with Crippen LogP contribution in [0.5, 0.6) is 0 Å². The number of thioether (sulfide) groups is 1. The molecule has 18 heavy (non-hydrogen) atoms. The van der Waals surface area contributed by atoms with E-state index < -0.39 is 0 Å². The highest BCUT2D eigenvalue weighted by Gasteiger charge is 1.99. The van der Waals surface area contributed by atoms with Gasteiger partial charge in [0.2, 0.25) is 0 Å². The monoisotopic (exact) mass is 275 g/mol. The fraction of sp³-hybridized carbons (Fsp3) is 0.133. The number of nitrogens with zero attached hydrogens (tertiary/aromatic N) is 1. The number of rotatable bonds is 2. The maximum atomic E-state index is 6.14. The lowest BCUT2D eigenvalue weighted by atomic mass is 10.2. The molecule has 1 nitrogen and oxygen atoms in total. The predicted molar refractivity (Wildman–Crippen MR) is 81.2 cm³/mol. The first kappa shape index (κ1) is 13.2. The largest absolute Gasteiger partial charge is 0.229 e. The number of benzene rings is 2. The van der Waals surface area contributed by atoms with E-state index in [-0.39, 0.29) is 0 Å². The zero-order valence-corrected chi connectivity index (χ0v) is 11.9. The van der Waals surface area contributed by atoms with Crippen LogP contribution in [-0.2, 0) is 0 Å². The maximum Gasteiger partial charge on any atom is 0.168 e. The molecule has 0 heterocycles. The van der Waals surface area contributed by atoms with Gasteiger partial charge in [0.1, 0.15) is 0 Å². The summed E-state index contributed by atoms with van der Waals surface area (Å²) in [7, 11) is 0. The van der Waals surface area contributed by atoms with Gasteiger partial charge in [0.05, 0.1) is 5.69 Å². The predicted octanol–water partition coefficient (Wildman–Crippen LogP) is 5.32. The van der Waals surface area contributed by atoms with Gasteiger partial charge in [-0.1, -0.05) is 58.8 Å². The fourth-order valence-corrected chi connectivity index (χ4v) is 2.43. The van der Waals surface area contributed by atoms with Crippen molar-refractivity contribution < 1.29 is 0 Å². The molecule has 0 saturated carbocycles. The van der Waals surface area contributed by atoms with Gasteiger partial charge in [0.15, 0.2) is 4.50 Å². The van der Waals surface area contributed by atoms with E-state index in [1.165, 1.54) is 22.9 Å². The minimum absolute atomic E-state index is 0.530. The second-order valence-corrected chi connectivity index (χ2v) is 5.76. The summed E-state index contributed by atoms with van der Waals surface area (Å²) >= 11 is 7.61. The fourth-order valence-electron chi connectivity index (χ4n) is 1.45. The third-order valence-corrected chi connectivity index (χ3v) is 3.56. The van der Waals surface area contributed by atoms with Crippen LogP contribution in [0, 0.1) is 13.8 Å². The molecule has 3 heteroatoms.